The van der Waals surface area contributed by atoms with Gasteiger partial charge in [-0.15, -0.1) is 0 Å². The first-order chi connectivity index (χ1) is 7.59. The highest BCUT2D eigenvalue weighted by molar-refractivity contribution is 9.10. The summed E-state index contributed by atoms with van der Waals surface area (Å²) in [5.74, 6) is -0.651. The van der Waals surface area contributed by atoms with Crippen molar-refractivity contribution in [3.05, 3.63) is 34.8 Å². The summed E-state index contributed by atoms with van der Waals surface area (Å²) in [6.07, 6.45) is 4.76. The van der Waals surface area contributed by atoms with Crippen molar-refractivity contribution in [3.63, 3.8) is 0 Å². The Morgan fingerprint density at radius 2 is 2.25 bits per heavy atom. The molecule has 0 aliphatic rings. The van der Waals surface area contributed by atoms with Gasteiger partial charge < -0.3 is 11.5 Å². The fourth-order valence-corrected chi connectivity index (χ4v) is 1.69. The van der Waals surface area contributed by atoms with Crippen molar-refractivity contribution < 1.29 is 4.79 Å². The number of anilines is 1. The van der Waals surface area contributed by atoms with E-state index in [9.17, 15) is 4.79 Å². The third-order valence-electron chi connectivity index (χ3n) is 1.97. The second-order valence-corrected chi connectivity index (χ2v) is 3.92. The van der Waals surface area contributed by atoms with Gasteiger partial charge in [-0.3, -0.25) is 9.78 Å². The number of hydrogen-bond donors (Lipinski definition) is 2. The highest BCUT2D eigenvalue weighted by Gasteiger charge is 2.13. The summed E-state index contributed by atoms with van der Waals surface area (Å²) in [5.41, 5.74) is 11.8. The Kier molecular flexibility index (Phi) is 2.61. The van der Waals surface area contributed by atoms with Gasteiger partial charge in [0.25, 0.3) is 5.91 Å². The lowest BCUT2D eigenvalue weighted by atomic mass is 10.4. The van der Waals surface area contributed by atoms with E-state index in [1.807, 2.05) is 0 Å². The van der Waals surface area contributed by atoms with E-state index in [-0.39, 0.29) is 11.4 Å². The molecule has 0 bridgehead atoms. The van der Waals surface area contributed by atoms with E-state index >= 15 is 0 Å². The van der Waals surface area contributed by atoms with E-state index in [4.69, 9.17) is 11.5 Å². The molecule has 0 unspecified atom stereocenters. The van der Waals surface area contributed by atoms with Crippen LogP contribution in [-0.2, 0) is 0 Å². The van der Waals surface area contributed by atoms with Gasteiger partial charge in [0.15, 0.2) is 5.69 Å². The summed E-state index contributed by atoms with van der Waals surface area (Å²) in [7, 11) is 0. The first kappa shape index (κ1) is 10.6. The molecule has 2 aromatic heterocycles. The van der Waals surface area contributed by atoms with Crippen molar-refractivity contribution in [3.8, 4) is 5.69 Å². The summed E-state index contributed by atoms with van der Waals surface area (Å²) < 4.78 is 2.22. The van der Waals surface area contributed by atoms with E-state index in [0.29, 0.717) is 0 Å². The van der Waals surface area contributed by atoms with Gasteiger partial charge in [-0.05, 0) is 22.0 Å². The third-order valence-corrected chi connectivity index (χ3v) is 2.58. The van der Waals surface area contributed by atoms with Crippen molar-refractivity contribution in [1.29, 1.82) is 0 Å². The van der Waals surface area contributed by atoms with Crippen LogP contribution in [0.2, 0.25) is 0 Å². The fourth-order valence-electron chi connectivity index (χ4n) is 1.26. The van der Waals surface area contributed by atoms with E-state index < -0.39 is 5.91 Å². The number of nitrogens with zero attached hydrogens (tertiary/aromatic N) is 3. The topological polar surface area (TPSA) is 99.8 Å². The molecule has 2 rings (SSSR count). The van der Waals surface area contributed by atoms with Crippen molar-refractivity contribution in [2.24, 2.45) is 5.73 Å². The summed E-state index contributed by atoms with van der Waals surface area (Å²) in [4.78, 5) is 14.9. The van der Waals surface area contributed by atoms with E-state index in [1.54, 1.807) is 18.5 Å². The molecule has 0 radical (unpaired) electrons. The molecule has 0 aliphatic heterocycles. The normalized spacial score (nSPS) is 10.3. The SMILES string of the molecule is NC(=O)c1nn(-c2ccncc2Br)cc1N. The average molecular weight is 282 g/mol. The number of pyridine rings is 1. The monoisotopic (exact) mass is 281 g/mol. The number of carbonyl (C=O) groups excluding carboxylic acids is 1. The standard InChI is InChI=1S/C9H8BrN5O/c10-5-3-13-2-1-7(5)15-4-6(11)8(14-15)9(12)16/h1-4H,11H2,(H2,12,16). The summed E-state index contributed by atoms with van der Waals surface area (Å²) in [6, 6.07) is 1.74. The zero-order chi connectivity index (χ0) is 11.7. The Morgan fingerprint density at radius 1 is 1.50 bits per heavy atom. The van der Waals surface area contributed by atoms with Crippen LogP contribution in [0.4, 0.5) is 5.69 Å². The number of rotatable bonds is 2. The summed E-state index contributed by atoms with van der Waals surface area (Å²) in [6.45, 7) is 0. The predicted octanol–water partition coefficient (Wildman–Crippen LogP) is 0.711. The lowest BCUT2D eigenvalue weighted by molar-refractivity contribution is 0.0996. The number of aromatic nitrogens is 3. The van der Waals surface area contributed by atoms with Gasteiger partial charge in [0.05, 0.1) is 22.0 Å². The highest BCUT2D eigenvalue weighted by Crippen LogP contribution is 2.20. The van der Waals surface area contributed by atoms with Crippen LogP contribution in [0.3, 0.4) is 0 Å². The highest BCUT2D eigenvalue weighted by atomic mass is 79.9. The lowest BCUT2D eigenvalue weighted by Gasteiger charge is -2.02. The van der Waals surface area contributed by atoms with Crippen LogP contribution in [0.25, 0.3) is 5.69 Å². The van der Waals surface area contributed by atoms with Gasteiger partial charge in [0.2, 0.25) is 0 Å². The molecule has 7 heteroatoms. The maximum absolute atomic E-state index is 11.0. The number of halogens is 1. The average Bonchev–Trinajstić information content (AvgIpc) is 2.61. The Hall–Kier alpha value is -1.89. The number of amides is 1. The lowest BCUT2D eigenvalue weighted by Crippen LogP contribution is -2.14. The van der Waals surface area contributed by atoms with Crippen LogP contribution in [0.15, 0.2) is 29.1 Å². The predicted molar refractivity (Wildman–Crippen MR) is 62.0 cm³/mol. The number of carbonyl (C=O) groups is 1. The van der Waals surface area contributed by atoms with Crippen LogP contribution in [0.1, 0.15) is 10.5 Å². The van der Waals surface area contributed by atoms with Crippen LogP contribution in [-0.4, -0.2) is 20.7 Å². The van der Waals surface area contributed by atoms with Gasteiger partial charge in [-0.2, -0.15) is 5.10 Å². The minimum absolute atomic E-state index is 0.0590. The molecule has 16 heavy (non-hydrogen) atoms. The molecule has 0 saturated heterocycles. The van der Waals surface area contributed by atoms with E-state index in [2.05, 4.69) is 26.0 Å². The summed E-state index contributed by atoms with van der Waals surface area (Å²) in [5, 5.41) is 4.00. The zero-order valence-corrected chi connectivity index (χ0v) is 9.68. The molecule has 0 fully saturated rings. The Labute approximate surface area is 99.4 Å². The molecule has 0 saturated carbocycles. The largest absolute Gasteiger partial charge is 0.396 e. The number of hydrogen-bond acceptors (Lipinski definition) is 4. The molecular weight excluding hydrogens is 274 g/mol. The van der Waals surface area contributed by atoms with Crippen LogP contribution < -0.4 is 11.5 Å². The van der Waals surface area contributed by atoms with Gasteiger partial charge in [0, 0.05) is 12.4 Å². The molecule has 0 spiro atoms. The van der Waals surface area contributed by atoms with Gasteiger partial charge in [0.1, 0.15) is 0 Å². The van der Waals surface area contributed by atoms with Crippen LogP contribution in [0.5, 0.6) is 0 Å². The smallest absolute Gasteiger partial charge is 0.271 e. The molecule has 0 aromatic carbocycles. The first-order valence-corrected chi connectivity index (χ1v) is 5.13. The molecule has 2 aromatic rings. The quantitative estimate of drug-likeness (QED) is 0.847. The van der Waals surface area contributed by atoms with Gasteiger partial charge in [-0.1, -0.05) is 0 Å². The number of primary amides is 1. The van der Waals surface area contributed by atoms with Crippen molar-refractivity contribution in [2.45, 2.75) is 0 Å². The van der Waals surface area contributed by atoms with Crippen LogP contribution in [0, 0.1) is 0 Å². The fraction of sp³-hybridized carbons (Fsp3) is 0. The second-order valence-electron chi connectivity index (χ2n) is 3.07. The van der Waals surface area contributed by atoms with Gasteiger partial charge in [-0.25, -0.2) is 4.68 Å². The first-order valence-electron chi connectivity index (χ1n) is 4.34. The molecular formula is C9H8BrN5O. The molecule has 1 amide bonds. The minimum atomic E-state index is -0.651. The molecule has 82 valence electrons. The molecule has 2 heterocycles. The zero-order valence-electron chi connectivity index (χ0n) is 8.09. The summed E-state index contributed by atoms with van der Waals surface area (Å²) >= 11 is 3.32. The molecule has 0 aliphatic carbocycles. The van der Waals surface area contributed by atoms with Crippen molar-refractivity contribution >= 4 is 27.5 Å². The maximum Gasteiger partial charge on any atom is 0.271 e. The van der Waals surface area contributed by atoms with Crippen LogP contribution >= 0.6 is 15.9 Å². The Balaban J connectivity index is 2.54. The van der Waals surface area contributed by atoms with E-state index in [0.717, 1.165) is 10.2 Å². The second kappa shape index (κ2) is 3.93. The molecule has 4 N–H and O–H groups in total. The number of nitrogens with two attached hydrogens (primary N) is 2. The minimum Gasteiger partial charge on any atom is -0.396 e. The van der Waals surface area contributed by atoms with Crippen molar-refractivity contribution in [1.82, 2.24) is 14.8 Å². The Bertz CT molecular complexity index is 551. The van der Waals surface area contributed by atoms with Crippen molar-refractivity contribution in [2.75, 3.05) is 5.73 Å². The number of nitrogen functional groups attached to an aromatic ring is 1. The Morgan fingerprint density at radius 3 is 2.81 bits per heavy atom. The van der Waals surface area contributed by atoms with E-state index in [1.165, 1.54) is 10.9 Å². The molecule has 6 nitrogen and oxygen atoms in total. The maximum atomic E-state index is 11.0. The molecule has 0 atom stereocenters. The third kappa shape index (κ3) is 1.76. The van der Waals surface area contributed by atoms with Gasteiger partial charge >= 0.3 is 0 Å².